The highest BCUT2D eigenvalue weighted by atomic mass is 79.9. The summed E-state index contributed by atoms with van der Waals surface area (Å²) in [6.45, 7) is 4.38. The molecule has 2 nitrogen and oxygen atoms in total. The third kappa shape index (κ3) is 2.75. The Hall–Kier alpha value is -0.350. The van der Waals surface area contributed by atoms with Gasteiger partial charge in [0, 0.05) is 4.88 Å². The third-order valence-corrected chi connectivity index (χ3v) is 6.21. The number of carbonyl (C=O) groups excluding carboxylic acids is 1. The van der Waals surface area contributed by atoms with Gasteiger partial charge in [-0.1, -0.05) is 33.1 Å². The first-order valence-corrected chi connectivity index (χ1v) is 8.50. The predicted molar refractivity (Wildman–Crippen MR) is 82.9 cm³/mol. The normalized spacial score (nSPS) is 18.6. The van der Waals surface area contributed by atoms with Gasteiger partial charge in [0.2, 0.25) is 0 Å². The molecule has 106 valence electrons. The summed E-state index contributed by atoms with van der Waals surface area (Å²) in [5.41, 5.74) is 0.725. The zero-order valence-electron chi connectivity index (χ0n) is 11.8. The quantitative estimate of drug-likeness (QED) is 0.720. The lowest BCUT2D eigenvalue weighted by molar-refractivity contribution is -0.149. The van der Waals surface area contributed by atoms with Crippen LogP contribution in [0.5, 0.6) is 0 Å². The van der Waals surface area contributed by atoms with Gasteiger partial charge in [-0.3, -0.25) is 4.79 Å². The number of ether oxygens (including phenoxy) is 1. The molecule has 0 aliphatic heterocycles. The van der Waals surface area contributed by atoms with Gasteiger partial charge in [0.05, 0.1) is 16.3 Å². The van der Waals surface area contributed by atoms with Gasteiger partial charge in [-0.25, -0.2) is 0 Å². The van der Waals surface area contributed by atoms with Crippen molar-refractivity contribution in [2.45, 2.75) is 57.3 Å². The van der Waals surface area contributed by atoms with Crippen molar-refractivity contribution >= 4 is 33.2 Å². The Balaban J connectivity index is 2.46. The smallest absolute Gasteiger partial charge is 0.316 e. The minimum absolute atomic E-state index is 0.0685. The molecule has 0 N–H and O–H groups in total. The topological polar surface area (TPSA) is 26.3 Å². The molecule has 4 heteroatoms. The van der Waals surface area contributed by atoms with Crippen LogP contribution >= 0.6 is 27.3 Å². The van der Waals surface area contributed by atoms with Crippen molar-refractivity contribution in [2.24, 2.45) is 0 Å². The number of thiophene rings is 1. The maximum atomic E-state index is 12.4. The van der Waals surface area contributed by atoms with Crippen LogP contribution in [0.4, 0.5) is 0 Å². The Labute approximate surface area is 127 Å². The third-order valence-electron chi connectivity index (χ3n) is 4.07. The molecule has 0 spiro atoms. The van der Waals surface area contributed by atoms with Crippen LogP contribution < -0.4 is 0 Å². The number of rotatable bonds is 3. The van der Waals surface area contributed by atoms with Crippen LogP contribution in [0.15, 0.2) is 9.85 Å². The Morgan fingerprint density at radius 2 is 2.00 bits per heavy atom. The summed E-state index contributed by atoms with van der Waals surface area (Å²) in [5.74, 6) is 0.425. The monoisotopic (exact) mass is 344 g/mol. The Kier molecular flexibility index (Phi) is 4.72. The van der Waals surface area contributed by atoms with Crippen LogP contribution in [0.1, 0.15) is 62.3 Å². The first kappa shape index (κ1) is 15.0. The summed E-state index contributed by atoms with van der Waals surface area (Å²) >= 11 is 5.42. The van der Waals surface area contributed by atoms with E-state index in [1.807, 2.05) is 0 Å². The number of halogens is 1. The minimum atomic E-state index is -0.421. The van der Waals surface area contributed by atoms with E-state index in [4.69, 9.17) is 4.74 Å². The molecular weight excluding hydrogens is 324 g/mol. The largest absolute Gasteiger partial charge is 0.468 e. The molecule has 1 aliphatic carbocycles. The zero-order chi connectivity index (χ0) is 14.0. The van der Waals surface area contributed by atoms with Crippen LogP contribution in [-0.4, -0.2) is 13.1 Å². The molecule has 0 radical (unpaired) electrons. The highest BCUT2D eigenvalue weighted by Gasteiger charge is 2.44. The van der Waals surface area contributed by atoms with Crippen molar-refractivity contribution in [3.63, 3.8) is 0 Å². The van der Waals surface area contributed by atoms with Crippen LogP contribution in [0.2, 0.25) is 0 Å². The van der Waals surface area contributed by atoms with E-state index in [9.17, 15) is 4.79 Å². The number of carbonyl (C=O) groups is 1. The maximum absolute atomic E-state index is 12.4. The van der Waals surface area contributed by atoms with Gasteiger partial charge >= 0.3 is 5.97 Å². The van der Waals surface area contributed by atoms with Gasteiger partial charge in [0.1, 0.15) is 0 Å². The molecule has 1 aromatic rings. The second-order valence-electron chi connectivity index (χ2n) is 5.63. The number of methoxy groups -OCH3 is 1. The molecule has 0 amide bonds. The van der Waals surface area contributed by atoms with Gasteiger partial charge in [-0.15, -0.1) is 11.3 Å². The van der Waals surface area contributed by atoms with E-state index in [1.165, 1.54) is 18.4 Å². The zero-order valence-corrected chi connectivity index (χ0v) is 14.2. The number of esters is 1. The van der Waals surface area contributed by atoms with E-state index in [0.717, 1.165) is 35.0 Å². The van der Waals surface area contributed by atoms with Crippen LogP contribution in [-0.2, 0) is 14.9 Å². The Morgan fingerprint density at radius 1 is 1.37 bits per heavy atom. The van der Waals surface area contributed by atoms with E-state index in [2.05, 4.69) is 35.8 Å². The van der Waals surface area contributed by atoms with E-state index in [1.54, 1.807) is 11.3 Å². The standard InChI is InChI=1S/C15H21BrO2S/c1-10(2)12-9-11(13(16)19-12)15(14(17)18-3)7-5-4-6-8-15/h9-10H,4-8H2,1-3H3. The molecule has 1 heterocycles. The number of hydrogen-bond donors (Lipinski definition) is 0. The summed E-state index contributed by atoms with van der Waals surface area (Å²) in [6.07, 6.45) is 5.25. The van der Waals surface area contributed by atoms with Crippen molar-refractivity contribution in [2.75, 3.05) is 7.11 Å². The lowest BCUT2D eigenvalue weighted by Crippen LogP contribution is -2.38. The molecule has 0 saturated heterocycles. The molecule has 0 atom stereocenters. The molecule has 0 unspecified atom stereocenters. The van der Waals surface area contributed by atoms with Gasteiger partial charge < -0.3 is 4.74 Å². The highest BCUT2D eigenvalue weighted by Crippen LogP contribution is 2.47. The van der Waals surface area contributed by atoms with E-state index in [0.29, 0.717) is 5.92 Å². The summed E-state index contributed by atoms with van der Waals surface area (Å²) in [4.78, 5) is 13.7. The lowest BCUT2D eigenvalue weighted by Gasteiger charge is -2.34. The van der Waals surface area contributed by atoms with Gasteiger partial charge in [0.25, 0.3) is 0 Å². The maximum Gasteiger partial charge on any atom is 0.316 e. The SMILES string of the molecule is COC(=O)C1(c2cc(C(C)C)sc2Br)CCCCC1. The van der Waals surface area contributed by atoms with E-state index >= 15 is 0 Å². The van der Waals surface area contributed by atoms with Gasteiger partial charge in [-0.2, -0.15) is 0 Å². The summed E-state index contributed by atoms with van der Waals surface area (Å²) < 4.78 is 6.22. The minimum Gasteiger partial charge on any atom is -0.468 e. The first-order valence-electron chi connectivity index (χ1n) is 6.89. The molecule has 19 heavy (non-hydrogen) atoms. The van der Waals surface area contributed by atoms with Crippen LogP contribution in [0, 0.1) is 0 Å². The first-order chi connectivity index (χ1) is 9.01. The predicted octanol–water partition coefficient (Wildman–Crippen LogP) is 5.01. The van der Waals surface area contributed by atoms with Crippen molar-refractivity contribution < 1.29 is 9.53 Å². The average molecular weight is 345 g/mol. The van der Waals surface area contributed by atoms with Gasteiger partial charge in [-0.05, 0) is 46.3 Å². The fourth-order valence-electron chi connectivity index (χ4n) is 2.93. The second-order valence-corrected chi connectivity index (χ2v) is 8.03. The summed E-state index contributed by atoms with van der Waals surface area (Å²) in [6, 6.07) is 2.21. The lowest BCUT2D eigenvalue weighted by atomic mass is 9.70. The molecule has 0 aromatic carbocycles. The molecule has 1 saturated carbocycles. The van der Waals surface area contributed by atoms with Crippen LogP contribution in [0.25, 0.3) is 0 Å². The van der Waals surface area contributed by atoms with Gasteiger partial charge in [0.15, 0.2) is 0 Å². The molecular formula is C15H21BrO2S. The fourth-order valence-corrected chi connectivity index (χ4v) is 4.97. The molecule has 2 rings (SSSR count). The highest BCUT2D eigenvalue weighted by molar-refractivity contribution is 9.11. The van der Waals surface area contributed by atoms with Crippen molar-refractivity contribution in [1.82, 2.24) is 0 Å². The second kappa shape index (κ2) is 5.96. The van der Waals surface area contributed by atoms with E-state index < -0.39 is 5.41 Å². The van der Waals surface area contributed by atoms with E-state index in [-0.39, 0.29) is 5.97 Å². The molecule has 1 aromatic heterocycles. The van der Waals surface area contributed by atoms with Crippen molar-refractivity contribution in [3.05, 3.63) is 20.3 Å². The molecule has 0 bridgehead atoms. The Bertz CT molecular complexity index is 459. The average Bonchev–Trinajstić information content (AvgIpc) is 2.81. The van der Waals surface area contributed by atoms with Crippen LogP contribution in [0.3, 0.4) is 0 Å². The van der Waals surface area contributed by atoms with Crippen molar-refractivity contribution in [1.29, 1.82) is 0 Å². The molecule has 1 aliphatic rings. The summed E-state index contributed by atoms with van der Waals surface area (Å²) in [5, 5.41) is 0. The van der Waals surface area contributed by atoms with Crippen molar-refractivity contribution in [3.8, 4) is 0 Å². The molecule has 1 fully saturated rings. The number of hydrogen-bond acceptors (Lipinski definition) is 3. The summed E-state index contributed by atoms with van der Waals surface area (Å²) in [7, 11) is 1.50. The fraction of sp³-hybridized carbons (Fsp3) is 0.667. The Morgan fingerprint density at radius 3 is 2.47 bits per heavy atom.